The lowest BCUT2D eigenvalue weighted by atomic mass is 9.99. The molecule has 32 heavy (non-hydrogen) atoms. The molecule has 1 heterocycles. The van der Waals surface area contributed by atoms with Crippen LogP contribution in [0.2, 0.25) is 0 Å². The maximum atomic E-state index is 11.3. The Morgan fingerprint density at radius 1 is 0.531 bits per heavy atom. The van der Waals surface area contributed by atoms with Crippen LogP contribution in [0.15, 0.2) is 0 Å². The van der Waals surface area contributed by atoms with Crippen molar-refractivity contribution in [1.29, 1.82) is 0 Å². The second-order valence-electron chi connectivity index (χ2n) is 5.61. The number of phosphoric acid groups is 5. The van der Waals surface area contributed by atoms with Crippen LogP contribution in [0.3, 0.4) is 0 Å². The van der Waals surface area contributed by atoms with Crippen LogP contribution < -0.4 is 0 Å². The Morgan fingerprint density at radius 3 is 1.28 bits per heavy atom. The van der Waals surface area contributed by atoms with E-state index in [4.69, 9.17) is 53.7 Å². The summed E-state index contributed by atoms with van der Waals surface area (Å²) in [4.78, 5) is 89.7. The standard InChI is InChI=1S/C6H17O21P5/c7-28(8,9)22-1-2-3(24-29(10,11)12)4(25-30(13,14)15)5(26-31(16,17)18)6(23-2)27-32(19,20)21/h2-6H,1H2,(H2,7,8,9)(H2,10,11,12)(H2,13,14,15)(H2,16,17,18)(H2,19,20,21)/t2-,3-,4+,5-,6-/m1/s1. The average molecular weight is 580 g/mol. The van der Waals surface area contributed by atoms with E-state index in [9.17, 15) is 22.8 Å². The molecule has 1 fully saturated rings. The predicted molar refractivity (Wildman–Crippen MR) is 90.5 cm³/mol. The molecule has 0 spiro atoms. The van der Waals surface area contributed by atoms with Crippen molar-refractivity contribution in [1.82, 2.24) is 0 Å². The Morgan fingerprint density at radius 2 is 0.906 bits per heavy atom. The van der Waals surface area contributed by atoms with Crippen LogP contribution >= 0.6 is 39.1 Å². The zero-order valence-electron chi connectivity index (χ0n) is 14.8. The summed E-state index contributed by atoms with van der Waals surface area (Å²) in [5.74, 6) is 0. The van der Waals surface area contributed by atoms with Gasteiger partial charge in [-0.2, -0.15) is 0 Å². The van der Waals surface area contributed by atoms with Crippen molar-refractivity contribution in [2.24, 2.45) is 0 Å². The summed E-state index contributed by atoms with van der Waals surface area (Å²) in [6, 6.07) is 0. The molecule has 0 aromatic carbocycles. The minimum absolute atomic E-state index is 1.44. The quantitative estimate of drug-likeness (QED) is 0.112. The summed E-state index contributed by atoms with van der Waals surface area (Å²) in [5, 5.41) is 0. The van der Waals surface area contributed by atoms with Crippen LogP contribution in [-0.4, -0.2) is 86.2 Å². The molecule has 0 unspecified atom stereocenters. The van der Waals surface area contributed by atoms with Crippen LogP contribution in [-0.2, 0) is 50.2 Å². The van der Waals surface area contributed by atoms with Crippen molar-refractivity contribution in [3.63, 3.8) is 0 Å². The van der Waals surface area contributed by atoms with Gasteiger partial charge in [-0.1, -0.05) is 0 Å². The molecule has 0 aromatic heterocycles. The largest absolute Gasteiger partial charge is 0.472 e. The van der Waals surface area contributed by atoms with Crippen molar-refractivity contribution >= 4 is 39.1 Å². The third kappa shape index (κ3) is 12.3. The number of ether oxygens (including phenoxy) is 1. The highest BCUT2D eigenvalue weighted by atomic mass is 31.2. The van der Waals surface area contributed by atoms with Crippen molar-refractivity contribution < 1.29 is 99.1 Å². The predicted octanol–water partition coefficient (Wildman–Crippen LogP) is -2.64. The molecule has 1 saturated heterocycles. The SMILES string of the molecule is O=P(O)(O)OC[C@H]1O[C@H](OP(=O)(O)O)[C@H](OP(=O)(O)O)[C@@H](OP(=O)(O)O)[C@@H]1OP(=O)(O)O. The van der Waals surface area contributed by atoms with E-state index in [2.05, 4.69) is 22.6 Å². The normalized spacial score (nSPS) is 28.6. The maximum Gasteiger partial charge on any atom is 0.472 e. The Kier molecular flexibility index (Phi) is 10.2. The van der Waals surface area contributed by atoms with E-state index < -0.39 is 76.4 Å². The van der Waals surface area contributed by atoms with Crippen LogP contribution in [0, 0.1) is 0 Å². The molecule has 1 rings (SSSR count). The molecule has 0 radical (unpaired) electrons. The van der Waals surface area contributed by atoms with Crippen molar-refractivity contribution in [2.45, 2.75) is 30.7 Å². The van der Waals surface area contributed by atoms with Gasteiger partial charge < -0.3 is 53.7 Å². The summed E-state index contributed by atoms with van der Waals surface area (Å²) in [5.41, 5.74) is 0. The van der Waals surface area contributed by atoms with E-state index in [-0.39, 0.29) is 0 Å². The third-order valence-electron chi connectivity index (χ3n) is 3.02. The summed E-state index contributed by atoms with van der Waals surface area (Å²) in [6.45, 7) is -1.44. The molecule has 1 aliphatic rings. The highest BCUT2D eigenvalue weighted by molar-refractivity contribution is 7.47. The summed E-state index contributed by atoms with van der Waals surface area (Å²) in [7, 11) is -28.2. The molecule has 0 aromatic rings. The van der Waals surface area contributed by atoms with Gasteiger partial charge in [0.25, 0.3) is 0 Å². The fraction of sp³-hybridized carbons (Fsp3) is 1.00. The van der Waals surface area contributed by atoms with E-state index >= 15 is 0 Å². The number of rotatable bonds is 11. The van der Waals surface area contributed by atoms with Gasteiger partial charge in [-0.05, 0) is 0 Å². The Labute approximate surface area is 176 Å². The lowest BCUT2D eigenvalue weighted by Crippen LogP contribution is -2.61. The monoisotopic (exact) mass is 580 g/mol. The molecule has 0 saturated carbocycles. The van der Waals surface area contributed by atoms with Crippen LogP contribution in [0.1, 0.15) is 0 Å². The van der Waals surface area contributed by atoms with Gasteiger partial charge in [0.05, 0.1) is 6.61 Å². The van der Waals surface area contributed by atoms with E-state index in [0.29, 0.717) is 0 Å². The molecule has 5 atom stereocenters. The van der Waals surface area contributed by atoms with Gasteiger partial charge in [0, 0.05) is 0 Å². The van der Waals surface area contributed by atoms with Gasteiger partial charge in [-0.15, -0.1) is 0 Å². The Bertz CT molecular complexity index is 869. The summed E-state index contributed by atoms with van der Waals surface area (Å²) in [6.07, 6.45) is -13.2. The third-order valence-corrected chi connectivity index (χ3v) is 5.54. The van der Waals surface area contributed by atoms with Crippen LogP contribution in [0.5, 0.6) is 0 Å². The zero-order chi connectivity index (χ0) is 25.3. The number of phosphoric ester groups is 5. The molecule has 0 bridgehead atoms. The fourth-order valence-corrected chi connectivity index (χ4v) is 4.69. The van der Waals surface area contributed by atoms with Crippen molar-refractivity contribution in [2.75, 3.05) is 6.61 Å². The zero-order valence-corrected chi connectivity index (χ0v) is 19.3. The average Bonchev–Trinajstić information content (AvgIpc) is 2.45. The van der Waals surface area contributed by atoms with Gasteiger partial charge >= 0.3 is 39.1 Å². The summed E-state index contributed by atoms with van der Waals surface area (Å²) >= 11 is 0. The molecule has 10 N–H and O–H groups in total. The van der Waals surface area contributed by atoms with Crippen molar-refractivity contribution in [3.8, 4) is 0 Å². The number of hydrogen-bond donors (Lipinski definition) is 10. The Balaban J connectivity index is 3.58. The first kappa shape index (κ1) is 30.5. The lowest BCUT2D eigenvalue weighted by molar-refractivity contribution is -0.270. The van der Waals surface area contributed by atoms with Crippen molar-refractivity contribution in [3.05, 3.63) is 0 Å². The minimum Gasteiger partial charge on any atom is -0.341 e. The topological polar surface area (TPSA) is 343 Å². The lowest BCUT2D eigenvalue weighted by Gasteiger charge is -2.44. The van der Waals surface area contributed by atoms with Gasteiger partial charge in [-0.25, -0.2) is 22.8 Å². The highest BCUT2D eigenvalue weighted by Crippen LogP contribution is 2.52. The Hall–Kier alpha value is 0.510. The molecule has 26 heteroatoms. The molecular weight excluding hydrogens is 563 g/mol. The van der Waals surface area contributed by atoms with Crippen LogP contribution in [0.4, 0.5) is 0 Å². The fourth-order valence-electron chi connectivity index (χ4n) is 2.24. The maximum absolute atomic E-state index is 11.3. The smallest absolute Gasteiger partial charge is 0.341 e. The van der Waals surface area contributed by atoms with E-state index in [1.54, 1.807) is 0 Å². The molecule has 0 aliphatic carbocycles. The summed E-state index contributed by atoms with van der Waals surface area (Å²) < 4.78 is 81.3. The molecule has 192 valence electrons. The van der Waals surface area contributed by atoms with Gasteiger partial charge in [0.2, 0.25) is 0 Å². The molecular formula is C6H17O21P5. The van der Waals surface area contributed by atoms with Gasteiger partial charge in [0.15, 0.2) is 12.4 Å². The van der Waals surface area contributed by atoms with E-state index in [1.807, 2.05) is 0 Å². The van der Waals surface area contributed by atoms with Gasteiger partial charge in [0.1, 0.15) is 18.3 Å². The first-order valence-electron chi connectivity index (χ1n) is 7.27. The molecule has 1 aliphatic heterocycles. The van der Waals surface area contributed by atoms with E-state index in [1.165, 1.54) is 0 Å². The first-order chi connectivity index (χ1) is 14.0. The highest BCUT2D eigenvalue weighted by Gasteiger charge is 2.56. The minimum atomic E-state index is -5.76. The van der Waals surface area contributed by atoms with E-state index in [0.717, 1.165) is 0 Å². The van der Waals surface area contributed by atoms with Crippen LogP contribution in [0.25, 0.3) is 0 Å². The second-order valence-corrected chi connectivity index (χ2v) is 11.6. The van der Waals surface area contributed by atoms with Gasteiger partial charge in [-0.3, -0.25) is 22.6 Å². The molecule has 21 nitrogen and oxygen atoms in total. The number of hydrogen-bond acceptors (Lipinski definition) is 11. The second kappa shape index (κ2) is 10.6. The first-order valence-corrected chi connectivity index (χ1v) is 14.9. The molecule has 0 amide bonds.